The van der Waals surface area contributed by atoms with Gasteiger partial charge in [0.15, 0.2) is 0 Å². The SMILES string of the molecule is CC(CO)(NC(=O)NCC1(c2ccccc2F)CC1)C1CC1. The van der Waals surface area contributed by atoms with Crippen LogP contribution in [0.2, 0.25) is 0 Å². The minimum atomic E-state index is -0.557. The van der Waals surface area contributed by atoms with Crippen molar-refractivity contribution in [2.45, 2.75) is 43.6 Å². The third-order valence-electron chi connectivity index (χ3n) is 5.09. The summed E-state index contributed by atoms with van der Waals surface area (Å²) in [5.41, 5.74) is -0.140. The zero-order valence-corrected chi connectivity index (χ0v) is 12.9. The molecule has 4 nitrogen and oxygen atoms in total. The number of halogens is 1. The van der Waals surface area contributed by atoms with E-state index in [1.54, 1.807) is 12.1 Å². The van der Waals surface area contributed by atoms with Gasteiger partial charge in [0.2, 0.25) is 0 Å². The van der Waals surface area contributed by atoms with Crippen LogP contribution in [0.15, 0.2) is 24.3 Å². The van der Waals surface area contributed by atoms with Gasteiger partial charge in [-0.3, -0.25) is 0 Å². The van der Waals surface area contributed by atoms with Crippen LogP contribution in [0.1, 0.15) is 38.2 Å². The number of aliphatic hydroxyl groups is 1. The second kappa shape index (κ2) is 5.54. The lowest BCUT2D eigenvalue weighted by Crippen LogP contribution is -2.54. The first-order valence-electron chi connectivity index (χ1n) is 7.91. The minimum Gasteiger partial charge on any atom is -0.394 e. The highest BCUT2D eigenvalue weighted by Crippen LogP contribution is 2.48. The van der Waals surface area contributed by atoms with Crippen LogP contribution in [0.4, 0.5) is 9.18 Å². The molecule has 0 radical (unpaired) electrons. The Balaban J connectivity index is 1.58. The third-order valence-corrected chi connectivity index (χ3v) is 5.09. The van der Waals surface area contributed by atoms with E-state index in [1.165, 1.54) is 6.07 Å². The average molecular weight is 306 g/mol. The highest BCUT2D eigenvalue weighted by atomic mass is 19.1. The first-order chi connectivity index (χ1) is 10.5. The van der Waals surface area contributed by atoms with Gasteiger partial charge < -0.3 is 15.7 Å². The molecule has 1 aromatic carbocycles. The number of carbonyl (C=O) groups is 1. The van der Waals surface area contributed by atoms with Crippen molar-refractivity contribution in [3.63, 3.8) is 0 Å². The number of hydrogen-bond acceptors (Lipinski definition) is 2. The third kappa shape index (κ3) is 2.95. The maximum Gasteiger partial charge on any atom is 0.315 e. The predicted molar refractivity (Wildman–Crippen MR) is 82.1 cm³/mol. The molecule has 0 aliphatic heterocycles. The van der Waals surface area contributed by atoms with Gasteiger partial charge in [0, 0.05) is 12.0 Å². The molecule has 0 saturated heterocycles. The van der Waals surface area contributed by atoms with Crippen LogP contribution in [0.5, 0.6) is 0 Å². The Morgan fingerprint density at radius 1 is 1.41 bits per heavy atom. The molecule has 2 aliphatic carbocycles. The van der Waals surface area contributed by atoms with Crippen molar-refractivity contribution in [1.82, 2.24) is 10.6 Å². The number of aliphatic hydroxyl groups excluding tert-OH is 1. The van der Waals surface area contributed by atoms with Gasteiger partial charge in [-0.15, -0.1) is 0 Å². The molecule has 1 aromatic rings. The molecule has 0 bridgehead atoms. The molecule has 2 aliphatic rings. The first-order valence-corrected chi connectivity index (χ1v) is 7.91. The molecular weight excluding hydrogens is 283 g/mol. The Kier molecular flexibility index (Phi) is 3.85. The van der Waals surface area contributed by atoms with E-state index >= 15 is 0 Å². The fourth-order valence-electron chi connectivity index (χ4n) is 3.13. The van der Waals surface area contributed by atoms with Gasteiger partial charge in [-0.25, -0.2) is 9.18 Å². The molecule has 2 fully saturated rings. The zero-order valence-electron chi connectivity index (χ0n) is 12.9. The monoisotopic (exact) mass is 306 g/mol. The summed E-state index contributed by atoms with van der Waals surface area (Å²) in [6.45, 7) is 2.23. The second-order valence-corrected chi connectivity index (χ2v) is 6.92. The fraction of sp³-hybridized carbons (Fsp3) is 0.588. The van der Waals surface area contributed by atoms with Gasteiger partial charge in [-0.2, -0.15) is 0 Å². The molecule has 0 spiro atoms. The Morgan fingerprint density at radius 3 is 2.64 bits per heavy atom. The van der Waals surface area contributed by atoms with Gasteiger partial charge in [0.1, 0.15) is 5.82 Å². The van der Waals surface area contributed by atoms with Crippen molar-refractivity contribution < 1.29 is 14.3 Å². The maximum atomic E-state index is 13.9. The Labute approximate surface area is 130 Å². The number of nitrogens with one attached hydrogen (secondary N) is 2. The Morgan fingerprint density at radius 2 is 2.09 bits per heavy atom. The van der Waals surface area contributed by atoms with E-state index in [1.807, 2.05) is 13.0 Å². The number of urea groups is 1. The molecular formula is C17H23FN2O2. The second-order valence-electron chi connectivity index (χ2n) is 6.92. The molecule has 1 atom stereocenters. The van der Waals surface area contributed by atoms with Gasteiger partial charge in [-0.1, -0.05) is 18.2 Å². The minimum absolute atomic E-state index is 0.0659. The number of amides is 2. The van der Waals surface area contributed by atoms with Crippen molar-refractivity contribution in [2.75, 3.05) is 13.2 Å². The summed E-state index contributed by atoms with van der Waals surface area (Å²) >= 11 is 0. The van der Waals surface area contributed by atoms with Crippen molar-refractivity contribution >= 4 is 6.03 Å². The average Bonchev–Trinajstić information content (AvgIpc) is 3.39. The normalized spacial score (nSPS) is 21.8. The summed E-state index contributed by atoms with van der Waals surface area (Å²) in [6, 6.07) is 6.48. The fourth-order valence-corrected chi connectivity index (χ4v) is 3.13. The van der Waals surface area contributed by atoms with Crippen LogP contribution >= 0.6 is 0 Å². The number of carbonyl (C=O) groups excluding carboxylic acids is 1. The molecule has 5 heteroatoms. The summed E-state index contributed by atoms with van der Waals surface area (Å²) in [6.07, 6.45) is 3.84. The van der Waals surface area contributed by atoms with Crippen LogP contribution in [-0.4, -0.2) is 29.8 Å². The maximum absolute atomic E-state index is 13.9. The van der Waals surface area contributed by atoms with Crippen LogP contribution in [0.25, 0.3) is 0 Å². The van der Waals surface area contributed by atoms with Crippen LogP contribution in [0, 0.1) is 11.7 Å². The molecule has 0 aromatic heterocycles. The summed E-state index contributed by atoms with van der Waals surface area (Å²) in [7, 11) is 0. The zero-order chi connectivity index (χ0) is 15.8. The Bertz CT molecular complexity index is 570. The van der Waals surface area contributed by atoms with Crippen molar-refractivity contribution in [3.05, 3.63) is 35.6 Å². The van der Waals surface area contributed by atoms with Crippen LogP contribution < -0.4 is 10.6 Å². The lowest BCUT2D eigenvalue weighted by atomic mass is 9.95. The summed E-state index contributed by atoms with van der Waals surface area (Å²) in [4.78, 5) is 12.1. The van der Waals surface area contributed by atoms with Gasteiger partial charge >= 0.3 is 6.03 Å². The van der Waals surface area contributed by atoms with Gasteiger partial charge in [0.05, 0.1) is 12.1 Å². The first kappa shape index (κ1) is 15.3. The van der Waals surface area contributed by atoms with E-state index in [0.717, 1.165) is 25.7 Å². The van der Waals surface area contributed by atoms with E-state index in [2.05, 4.69) is 10.6 Å². The highest BCUT2D eigenvalue weighted by Gasteiger charge is 2.47. The van der Waals surface area contributed by atoms with Crippen molar-refractivity contribution in [2.24, 2.45) is 5.92 Å². The van der Waals surface area contributed by atoms with Crippen LogP contribution in [0.3, 0.4) is 0 Å². The van der Waals surface area contributed by atoms with Gasteiger partial charge in [-0.05, 0) is 50.2 Å². The largest absolute Gasteiger partial charge is 0.394 e. The molecule has 22 heavy (non-hydrogen) atoms. The van der Waals surface area contributed by atoms with Crippen molar-refractivity contribution in [1.29, 1.82) is 0 Å². The van der Waals surface area contributed by atoms with E-state index in [9.17, 15) is 14.3 Å². The van der Waals surface area contributed by atoms with E-state index in [0.29, 0.717) is 18.0 Å². The Hall–Kier alpha value is -1.62. The van der Waals surface area contributed by atoms with Gasteiger partial charge in [0.25, 0.3) is 0 Å². The number of hydrogen-bond donors (Lipinski definition) is 3. The molecule has 2 amide bonds. The number of rotatable bonds is 6. The molecule has 120 valence electrons. The molecule has 3 N–H and O–H groups in total. The van der Waals surface area contributed by atoms with E-state index in [-0.39, 0.29) is 23.9 Å². The molecule has 0 heterocycles. The standard InChI is InChI=1S/C17H23FN2O2/c1-16(11-21,12-6-7-12)20-15(22)19-10-17(8-9-17)13-4-2-3-5-14(13)18/h2-5,12,21H,6-11H2,1H3,(H2,19,20,22). The molecule has 2 saturated carbocycles. The smallest absolute Gasteiger partial charge is 0.315 e. The molecule has 1 unspecified atom stereocenters. The molecule has 3 rings (SSSR count). The highest BCUT2D eigenvalue weighted by molar-refractivity contribution is 5.75. The lowest BCUT2D eigenvalue weighted by molar-refractivity contribution is 0.155. The topological polar surface area (TPSA) is 61.4 Å². The predicted octanol–water partition coefficient (Wildman–Crippen LogP) is 2.32. The summed E-state index contributed by atoms with van der Waals surface area (Å²) in [5.74, 6) is 0.144. The quantitative estimate of drug-likeness (QED) is 0.755. The lowest BCUT2D eigenvalue weighted by Gasteiger charge is -2.29. The van der Waals surface area contributed by atoms with Crippen LogP contribution in [-0.2, 0) is 5.41 Å². The summed E-state index contributed by atoms with van der Waals surface area (Å²) in [5, 5.41) is 15.2. The van der Waals surface area contributed by atoms with E-state index in [4.69, 9.17) is 0 Å². The summed E-state index contributed by atoms with van der Waals surface area (Å²) < 4.78 is 13.9. The van der Waals surface area contributed by atoms with Crippen molar-refractivity contribution in [3.8, 4) is 0 Å². The number of benzene rings is 1. The van der Waals surface area contributed by atoms with E-state index < -0.39 is 5.54 Å².